The molecule has 5 aliphatic carbocycles. The number of carbonyl (C=O) groups is 1. The molecule has 0 aromatic heterocycles. The van der Waals surface area contributed by atoms with Crippen LogP contribution in [-0.2, 0) is 14.3 Å². The van der Waals surface area contributed by atoms with Gasteiger partial charge in [-0.2, -0.15) is 0 Å². The van der Waals surface area contributed by atoms with Crippen molar-refractivity contribution in [3.05, 3.63) is 0 Å². The van der Waals surface area contributed by atoms with Crippen molar-refractivity contribution in [1.82, 2.24) is 0 Å². The monoisotopic (exact) mass is 684 g/mol. The van der Waals surface area contributed by atoms with Gasteiger partial charge in [0.2, 0.25) is 6.29 Å². The van der Waals surface area contributed by atoms with E-state index in [0.29, 0.717) is 18.8 Å². The number of rotatable bonds is 8. The lowest BCUT2D eigenvalue weighted by Gasteiger charge is -2.63. The Morgan fingerprint density at radius 2 is 1.54 bits per heavy atom. The van der Waals surface area contributed by atoms with Gasteiger partial charge in [0.1, 0.15) is 30.5 Å². The summed E-state index contributed by atoms with van der Waals surface area (Å²) in [4.78, 5) is 14.1. The van der Waals surface area contributed by atoms with Crippen LogP contribution in [0.25, 0.3) is 0 Å². The molecule has 48 heavy (non-hydrogen) atoms. The Morgan fingerprint density at radius 3 is 2.17 bits per heavy atom. The van der Waals surface area contributed by atoms with Crippen molar-refractivity contribution in [3.63, 3.8) is 0 Å². The minimum absolute atomic E-state index is 0.000310. The fraction of sp³-hybridized carbons (Fsp3) is 0.972. The van der Waals surface area contributed by atoms with E-state index in [2.05, 4.69) is 20.8 Å². The number of ether oxygens (including phenoxy) is 2. The first-order valence-electron chi connectivity index (χ1n) is 18.1. The van der Waals surface area contributed by atoms with Gasteiger partial charge in [0, 0.05) is 11.8 Å². The lowest BCUT2D eigenvalue weighted by atomic mass is 9.41. The molecule has 0 aromatic rings. The maximum atomic E-state index is 14.1. The van der Waals surface area contributed by atoms with E-state index in [-0.39, 0.29) is 34.5 Å². The van der Waals surface area contributed by atoms with E-state index in [1.165, 1.54) is 13.8 Å². The fourth-order valence-electron chi connectivity index (χ4n) is 12.8. The van der Waals surface area contributed by atoms with Gasteiger partial charge >= 0.3 is 5.97 Å². The van der Waals surface area contributed by atoms with Crippen LogP contribution in [0.1, 0.15) is 99.3 Å². The van der Waals surface area contributed by atoms with Crippen molar-refractivity contribution >= 4 is 5.97 Å². The van der Waals surface area contributed by atoms with Gasteiger partial charge in [-0.1, -0.05) is 20.8 Å². The lowest BCUT2D eigenvalue weighted by Crippen LogP contribution is -2.65. The zero-order valence-electron chi connectivity index (χ0n) is 29.3. The largest absolute Gasteiger partial charge is 0.432 e. The van der Waals surface area contributed by atoms with Crippen LogP contribution in [0.15, 0.2) is 0 Å². The molecular formula is C36H60O12. The van der Waals surface area contributed by atoms with Crippen LogP contribution in [0.5, 0.6) is 0 Å². The molecule has 1 aliphatic heterocycles. The molecule has 0 radical (unpaired) electrons. The Kier molecular flexibility index (Phi) is 9.06. The quantitative estimate of drug-likeness (QED) is 0.161. The number of aliphatic hydroxyl groups is 9. The zero-order valence-corrected chi connectivity index (χ0v) is 29.3. The molecule has 0 aromatic carbocycles. The summed E-state index contributed by atoms with van der Waals surface area (Å²) >= 11 is 0. The molecule has 12 heteroatoms. The highest BCUT2D eigenvalue weighted by atomic mass is 16.7. The molecule has 2 spiro atoms. The second-order valence-electron chi connectivity index (χ2n) is 18.1. The van der Waals surface area contributed by atoms with Gasteiger partial charge < -0.3 is 55.4 Å². The van der Waals surface area contributed by atoms with Crippen molar-refractivity contribution in [1.29, 1.82) is 0 Å². The highest BCUT2D eigenvalue weighted by molar-refractivity contribution is 5.78. The van der Waals surface area contributed by atoms with Crippen molar-refractivity contribution in [3.8, 4) is 0 Å². The maximum Gasteiger partial charge on any atom is 0.317 e. The first-order valence-corrected chi connectivity index (χ1v) is 18.1. The predicted molar refractivity (Wildman–Crippen MR) is 171 cm³/mol. The second kappa shape index (κ2) is 11.8. The minimum Gasteiger partial charge on any atom is -0.432 e. The standard InChI is InChI=1S/C36H60O12/c1-17(13-19(38)28(44)31(2,3)46)18-9-10-33(5)21-7-8-22-34(6,30(45)48-29-27(43)26(42)25(41)20(15-37)47-29)23(39)14-24(40)36(22)16-35(21,36)12-11-32(18,33)4/h17-29,37-44,46H,7-16H2,1-6H3. The van der Waals surface area contributed by atoms with Gasteiger partial charge in [-0.05, 0) is 112 Å². The van der Waals surface area contributed by atoms with E-state index >= 15 is 0 Å². The maximum absolute atomic E-state index is 14.1. The Balaban J connectivity index is 1.24. The number of fused-ring (bicyclic) bond motifs is 2. The first kappa shape index (κ1) is 36.8. The molecule has 0 bridgehead atoms. The SMILES string of the molecule is CC(CC(O)C(O)C(C)(C)O)C1CCC2(C)C3CCC4C(C)(C(=O)OC5OC(CO)C(O)C(O)C5O)C(O)CC(O)C45CC35CCC12C. The van der Waals surface area contributed by atoms with Crippen LogP contribution in [0.4, 0.5) is 0 Å². The molecule has 12 nitrogen and oxygen atoms in total. The van der Waals surface area contributed by atoms with Gasteiger partial charge in [-0.25, -0.2) is 0 Å². The highest BCUT2D eigenvalue weighted by Crippen LogP contribution is 2.89. The third-order valence-corrected chi connectivity index (χ3v) is 15.8. The van der Waals surface area contributed by atoms with Crippen LogP contribution in [-0.4, -0.2) is 119 Å². The molecule has 18 atom stereocenters. The summed E-state index contributed by atoms with van der Waals surface area (Å²) in [6.07, 6.45) is -6.02. The van der Waals surface area contributed by atoms with Crippen LogP contribution in [0, 0.1) is 50.7 Å². The Bertz CT molecular complexity index is 1240. The van der Waals surface area contributed by atoms with Gasteiger partial charge in [0.05, 0.1) is 35.9 Å². The first-order chi connectivity index (χ1) is 22.2. The molecular weight excluding hydrogens is 624 g/mol. The molecule has 18 unspecified atom stereocenters. The predicted octanol–water partition coefficient (Wildman–Crippen LogP) is 0.599. The topological polar surface area (TPSA) is 218 Å². The van der Waals surface area contributed by atoms with Crippen LogP contribution < -0.4 is 0 Å². The van der Waals surface area contributed by atoms with E-state index in [9.17, 15) is 50.8 Å². The summed E-state index contributed by atoms with van der Waals surface area (Å²) in [6, 6.07) is 0. The summed E-state index contributed by atoms with van der Waals surface area (Å²) in [6.45, 7) is 10.9. The molecule has 0 amide bonds. The minimum atomic E-state index is -1.76. The summed E-state index contributed by atoms with van der Waals surface area (Å²) in [7, 11) is 0. The van der Waals surface area contributed by atoms with Crippen molar-refractivity contribution in [2.75, 3.05) is 6.61 Å². The molecule has 6 fully saturated rings. The Morgan fingerprint density at radius 1 is 0.896 bits per heavy atom. The molecule has 6 rings (SSSR count). The van der Waals surface area contributed by atoms with Gasteiger partial charge in [0.15, 0.2) is 0 Å². The number of hydrogen-bond acceptors (Lipinski definition) is 12. The molecule has 5 saturated carbocycles. The Labute approximate surface area is 283 Å². The van der Waals surface area contributed by atoms with Crippen molar-refractivity contribution in [2.45, 2.75) is 160 Å². The van der Waals surface area contributed by atoms with E-state index in [4.69, 9.17) is 9.47 Å². The summed E-state index contributed by atoms with van der Waals surface area (Å²) in [5.74, 6) is -0.518. The fourth-order valence-corrected chi connectivity index (χ4v) is 12.8. The van der Waals surface area contributed by atoms with Crippen LogP contribution >= 0.6 is 0 Å². The summed E-state index contributed by atoms with van der Waals surface area (Å²) in [5, 5.41) is 95.7. The average molecular weight is 685 g/mol. The number of carbonyl (C=O) groups excluding carboxylic acids is 1. The molecule has 1 saturated heterocycles. The number of esters is 1. The van der Waals surface area contributed by atoms with Gasteiger partial charge in [-0.3, -0.25) is 4.79 Å². The lowest BCUT2D eigenvalue weighted by molar-refractivity contribution is -0.300. The van der Waals surface area contributed by atoms with Crippen LogP contribution in [0.2, 0.25) is 0 Å². The van der Waals surface area contributed by atoms with E-state index < -0.39 is 90.0 Å². The summed E-state index contributed by atoms with van der Waals surface area (Å²) < 4.78 is 11.2. The molecule has 276 valence electrons. The van der Waals surface area contributed by atoms with E-state index in [1.807, 2.05) is 0 Å². The number of aliphatic hydroxyl groups excluding tert-OH is 8. The van der Waals surface area contributed by atoms with Gasteiger partial charge in [-0.15, -0.1) is 0 Å². The van der Waals surface area contributed by atoms with Crippen LogP contribution in [0.3, 0.4) is 0 Å². The van der Waals surface area contributed by atoms with E-state index in [1.54, 1.807) is 6.92 Å². The average Bonchev–Trinajstić information content (AvgIpc) is 3.63. The third-order valence-electron chi connectivity index (χ3n) is 15.8. The summed E-state index contributed by atoms with van der Waals surface area (Å²) in [5.41, 5.74) is -3.78. The third kappa shape index (κ3) is 4.80. The second-order valence-corrected chi connectivity index (χ2v) is 18.1. The van der Waals surface area contributed by atoms with Gasteiger partial charge in [0.25, 0.3) is 0 Å². The van der Waals surface area contributed by atoms with Crippen molar-refractivity contribution < 1.29 is 60.2 Å². The Hall–Kier alpha value is -0.930. The van der Waals surface area contributed by atoms with Crippen molar-refractivity contribution in [2.24, 2.45) is 50.7 Å². The highest BCUT2D eigenvalue weighted by Gasteiger charge is 2.86. The normalized spacial score (nSPS) is 53.4. The van der Waals surface area contributed by atoms with E-state index in [0.717, 1.165) is 38.5 Å². The molecule has 6 aliphatic rings. The smallest absolute Gasteiger partial charge is 0.317 e. The number of hydrogen-bond donors (Lipinski definition) is 9. The molecule has 1 heterocycles. The zero-order chi connectivity index (χ0) is 35.6. The molecule has 9 N–H and O–H groups in total.